The molecular formula is C14H21NO4. The van der Waals surface area contributed by atoms with Crippen LogP contribution < -0.4 is 5.56 Å². The first kappa shape index (κ1) is 15.4. The molecule has 0 aliphatic rings. The van der Waals surface area contributed by atoms with Crippen molar-refractivity contribution in [3.63, 3.8) is 0 Å². The summed E-state index contributed by atoms with van der Waals surface area (Å²) in [4.78, 5) is 23.0. The summed E-state index contributed by atoms with van der Waals surface area (Å²) in [6, 6.07) is 1.36. The van der Waals surface area contributed by atoms with Gasteiger partial charge in [-0.25, -0.2) is 4.79 Å². The molecule has 19 heavy (non-hydrogen) atoms. The Morgan fingerprint density at radius 1 is 1.37 bits per heavy atom. The number of carboxylic acid groups (broad SMARTS) is 1. The van der Waals surface area contributed by atoms with Gasteiger partial charge >= 0.3 is 5.97 Å². The third-order valence-electron chi connectivity index (χ3n) is 3.08. The van der Waals surface area contributed by atoms with Gasteiger partial charge in [0, 0.05) is 24.9 Å². The maximum absolute atomic E-state index is 11.9. The van der Waals surface area contributed by atoms with Crippen molar-refractivity contribution < 1.29 is 14.6 Å². The lowest BCUT2D eigenvalue weighted by atomic mass is 10.1. The first-order chi connectivity index (χ1) is 8.99. The Morgan fingerprint density at radius 3 is 2.63 bits per heavy atom. The van der Waals surface area contributed by atoms with Gasteiger partial charge in [-0.1, -0.05) is 13.3 Å². The molecule has 0 saturated carbocycles. The number of pyridine rings is 1. The number of aromatic nitrogens is 1. The second kappa shape index (κ2) is 7.09. The van der Waals surface area contributed by atoms with Crippen molar-refractivity contribution >= 4 is 5.97 Å². The third-order valence-corrected chi connectivity index (χ3v) is 3.08. The zero-order chi connectivity index (χ0) is 14.4. The van der Waals surface area contributed by atoms with Crippen LogP contribution in [0.1, 0.15) is 41.4 Å². The molecule has 0 radical (unpaired) electrons. The third kappa shape index (κ3) is 3.92. The van der Waals surface area contributed by atoms with Crippen LogP contribution in [0.4, 0.5) is 0 Å². The van der Waals surface area contributed by atoms with Gasteiger partial charge in [0.15, 0.2) is 0 Å². The second-order valence-electron chi connectivity index (χ2n) is 4.55. The number of unbranched alkanes of at least 4 members (excludes halogenated alkanes) is 1. The molecular weight excluding hydrogens is 246 g/mol. The van der Waals surface area contributed by atoms with Crippen molar-refractivity contribution in [2.24, 2.45) is 0 Å². The molecule has 0 unspecified atom stereocenters. The van der Waals surface area contributed by atoms with Crippen LogP contribution in [0.25, 0.3) is 0 Å². The first-order valence-corrected chi connectivity index (χ1v) is 6.51. The van der Waals surface area contributed by atoms with Crippen molar-refractivity contribution in [2.45, 2.75) is 40.2 Å². The van der Waals surface area contributed by atoms with E-state index in [-0.39, 0.29) is 11.1 Å². The molecule has 0 amide bonds. The molecule has 0 spiro atoms. The quantitative estimate of drug-likeness (QED) is 0.767. The van der Waals surface area contributed by atoms with Crippen LogP contribution in [0, 0.1) is 13.8 Å². The van der Waals surface area contributed by atoms with Crippen LogP contribution in [0.5, 0.6) is 0 Å². The van der Waals surface area contributed by atoms with Crippen molar-refractivity contribution in [1.82, 2.24) is 4.57 Å². The summed E-state index contributed by atoms with van der Waals surface area (Å²) < 4.78 is 6.87. The van der Waals surface area contributed by atoms with Crippen molar-refractivity contribution in [3.8, 4) is 0 Å². The smallest absolute Gasteiger partial charge is 0.337 e. The highest BCUT2D eigenvalue weighted by Crippen LogP contribution is 2.11. The minimum Gasteiger partial charge on any atom is -0.478 e. The van der Waals surface area contributed by atoms with Crippen molar-refractivity contribution in [1.29, 1.82) is 0 Å². The van der Waals surface area contributed by atoms with Gasteiger partial charge in [0.2, 0.25) is 0 Å². The molecule has 0 fully saturated rings. The fraction of sp³-hybridized carbons (Fsp3) is 0.571. The van der Waals surface area contributed by atoms with E-state index in [4.69, 9.17) is 9.84 Å². The number of aryl methyl sites for hydroxylation is 1. The Bertz CT molecular complexity index is 505. The molecule has 0 aliphatic heterocycles. The molecule has 0 aliphatic carbocycles. The predicted octanol–water partition coefficient (Wildman–Crippen LogP) is 1.98. The van der Waals surface area contributed by atoms with Crippen LogP contribution >= 0.6 is 0 Å². The largest absolute Gasteiger partial charge is 0.478 e. The summed E-state index contributed by atoms with van der Waals surface area (Å²) in [5.41, 5.74) is 1.00. The van der Waals surface area contributed by atoms with E-state index in [9.17, 15) is 9.59 Å². The molecule has 0 bridgehead atoms. The Hall–Kier alpha value is -1.62. The highest BCUT2D eigenvalue weighted by molar-refractivity contribution is 5.90. The van der Waals surface area contributed by atoms with Crippen LogP contribution in [0.2, 0.25) is 0 Å². The van der Waals surface area contributed by atoms with E-state index in [2.05, 4.69) is 6.92 Å². The standard InChI is InChI=1S/C14H21NO4/c1-4-5-7-19-8-6-15-11(3)13(14(17)18)10(2)9-12(15)16/h9H,4-8H2,1-3H3,(H,17,18). The minimum absolute atomic E-state index is 0.181. The summed E-state index contributed by atoms with van der Waals surface area (Å²) in [6.45, 7) is 6.85. The lowest BCUT2D eigenvalue weighted by Crippen LogP contribution is -2.27. The van der Waals surface area contributed by atoms with Crippen molar-refractivity contribution in [2.75, 3.05) is 13.2 Å². The Morgan fingerprint density at radius 2 is 2.05 bits per heavy atom. The zero-order valence-corrected chi connectivity index (χ0v) is 11.7. The molecule has 1 aromatic heterocycles. The second-order valence-corrected chi connectivity index (χ2v) is 4.55. The summed E-state index contributed by atoms with van der Waals surface area (Å²) >= 11 is 0. The topological polar surface area (TPSA) is 68.5 Å². The SMILES string of the molecule is CCCCOCCn1c(C)c(C(=O)O)c(C)cc1=O. The summed E-state index contributed by atoms with van der Waals surface area (Å²) in [7, 11) is 0. The molecule has 5 heteroatoms. The average molecular weight is 267 g/mol. The lowest BCUT2D eigenvalue weighted by molar-refractivity contribution is 0.0693. The van der Waals surface area contributed by atoms with E-state index < -0.39 is 5.97 Å². The van der Waals surface area contributed by atoms with E-state index in [0.717, 1.165) is 12.8 Å². The lowest BCUT2D eigenvalue weighted by Gasteiger charge is -2.14. The molecule has 1 heterocycles. The van der Waals surface area contributed by atoms with Gasteiger partial charge in [0.1, 0.15) is 0 Å². The molecule has 1 rings (SSSR count). The van der Waals surface area contributed by atoms with E-state index in [1.165, 1.54) is 10.6 Å². The van der Waals surface area contributed by atoms with Gasteiger partial charge in [-0.15, -0.1) is 0 Å². The van der Waals surface area contributed by atoms with Crippen LogP contribution in [0.15, 0.2) is 10.9 Å². The Labute approximate surface area is 112 Å². The van der Waals surface area contributed by atoms with Crippen LogP contribution in [0.3, 0.4) is 0 Å². The number of carbonyl (C=O) groups is 1. The number of aromatic carboxylic acids is 1. The van der Waals surface area contributed by atoms with Crippen LogP contribution in [-0.2, 0) is 11.3 Å². The monoisotopic (exact) mass is 267 g/mol. The van der Waals surface area contributed by atoms with E-state index in [0.29, 0.717) is 31.0 Å². The van der Waals surface area contributed by atoms with Gasteiger partial charge < -0.3 is 14.4 Å². The number of hydrogen-bond acceptors (Lipinski definition) is 3. The molecule has 0 saturated heterocycles. The molecule has 0 aromatic carbocycles. The highest BCUT2D eigenvalue weighted by Gasteiger charge is 2.15. The van der Waals surface area contributed by atoms with Gasteiger partial charge in [-0.2, -0.15) is 0 Å². The summed E-state index contributed by atoms with van der Waals surface area (Å²) in [6.07, 6.45) is 2.05. The number of hydrogen-bond donors (Lipinski definition) is 1. The highest BCUT2D eigenvalue weighted by atomic mass is 16.5. The predicted molar refractivity (Wildman–Crippen MR) is 72.9 cm³/mol. The molecule has 1 aromatic rings. The maximum atomic E-state index is 11.9. The normalized spacial score (nSPS) is 10.7. The maximum Gasteiger partial charge on any atom is 0.337 e. The first-order valence-electron chi connectivity index (χ1n) is 6.51. The zero-order valence-electron chi connectivity index (χ0n) is 11.7. The van der Waals surface area contributed by atoms with Gasteiger partial charge in [-0.05, 0) is 25.8 Å². The molecule has 5 nitrogen and oxygen atoms in total. The fourth-order valence-corrected chi connectivity index (χ4v) is 2.03. The Balaban J connectivity index is 2.86. The van der Waals surface area contributed by atoms with E-state index >= 15 is 0 Å². The van der Waals surface area contributed by atoms with Crippen molar-refractivity contribution in [3.05, 3.63) is 33.2 Å². The van der Waals surface area contributed by atoms with Gasteiger partial charge in [0.25, 0.3) is 5.56 Å². The Kier molecular flexibility index (Phi) is 5.76. The summed E-state index contributed by atoms with van der Waals surface area (Å²) in [5.74, 6) is -1.00. The van der Waals surface area contributed by atoms with E-state index in [1.54, 1.807) is 13.8 Å². The fourth-order valence-electron chi connectivity index (χ4n) is 2.03. The molecule has 1 N–H and O–H groups in total. The summed E-state index contributed by atoms with van der Waals surface area (Å²) in [5, 5.41) is 9.16. The number of nitrogens with zero attached hydrogens (tertiary/aromatic N) is 1. The average Bonchev–Trinajstić information content (AvgIpc) is 2.31. The van der Waals surface area contributed by atoms with Gasteiger partial charge in [-0.3, -0.25) is 4.79 Å². The number of ether oxygens (including phenoxy) is 1. The number of carboxylic acids is 1. The van der Waals surface area contributed by atoms with Gasteiger partial charge in [0.05, 0.1) is 12.2 Å². The van der Waals surface area contributed by atoms with E-state index in [1.807, 2.05) is 0 Å². The van der Waals surface area contributed by atoms with Crippen LogP contribution in [-0.4, -0.2) is 28.9 Å². The minimum atomic E-state index is -1.00. The molecule has 106 valence electrons. The molecule has 0 atom stereocenters. The number of rotatable bonds is 7.